The van der Waals surface area contributed by atoms with Gasteiger partial charge in [0.25, 0.3) is 0 Å². The summed E-state index contributed by atoms with van der Waals surface area (Å²) in [6.07, 6.45) is 3.57. The quantitative estimate of drug-likeness (QED) is 0.743. The molecular weight excluding hydrogens is 224 g/mol. The number of benzene rings is 1. The SMILES string of the molecule is Cn1c(-c2cccc(CN)c2)nc2cnccc21. The Balaban J connectivity index is 2.21. The minimum Gasteiger partial charge on any atom is -0.327 e. The van der Waals surface area contributed by atoms with E-state index in [9.17, 15) is 0 Å². The Kier molecular flexibility index (Phi) is 2.57. The van der Waals surface area contributed by atoms with E-state index in [0.717, 1.165) is 28.0 Å². The zero-order chi connectivity index (χ0) is 12.5. The van der Waals surface area contributed by atoms with Gasteiger partial charge in [-0.1, -0.05) is 18.2 Å². The highest BCUT2D eigenvalue weighted by Crippen LogP contribution is 2.23. The Hall–Kier alpha value is -2.20. The minimum atomic E-state index is 0.541. The van der Waals surface area contributed by atoms with Gasteiger partial charge in [0.1, 0.15) is 11.3 Å². The van der Waals surface area contributed by atoms with Gasteiger partial charge in [0.05, 0.1) is 11.7 Å². The van der Waals surface area contributed by atoms with E-state index in [2.05, 4.69) is 20.6 Å². The maximum atomic E-state index is 5.67. The first-order valence-corrected chi connectivity index (χ1v) is 5.85. The molecule has 18 heavy (non-hydrogen) atoms. The highest BCUT2D eigenvalue weighted by atomic mass is 15.1. The lowest BCUT2D eigenvalue weighted by molar-refractivity contribution is 0.957. The van der Waals surface area contributed by atoms with E-state index in [1.54, 1.807) is 12.4 Å². The smallest absolute Gasteiger partial charge is 0.140 e. The van der Waals surface area contributed by atoms with Crippen LogP contribution in [0.2, 0.25) is 0 Å². The monoisotopic (exact) mass is 238 g/mol. The van der Waals surface area contributed by atoms with Crippen molar-refractivity contribution >= 4 is 11.0 Å². The third kappa shape index (κ3) is 1.67. The standard InChI is InChI=1S/C14H14N4/c1-18-13-5-6-16-9-12(13)17-14(18)11-4-2-3-10(7-11)8-15/h2-7,9H,8,15H2,1H3. The van der Waals surface area contributed by atoms with Gasteiger partial charge in [0, 0.05) is 25.4 Å². The van der Waals surface area contributed by atoms with Gasteiger partial charge in [-0.25, -0.2) is 4.98 Å². The van der Waals surface area contributed by atoms with Crippen molar-refractivity contribution in [1.29, 1.82) is 0 Å². The second-order valence-corrected chi connectivity index (χ2v) is 4.26. The molecule has 4 heteroatoms. The van der Waals surface area contributed by atoms with E-state index in [1.807, 2.05) is 31.3 Å². The summed E-state index contributed by atoms with van der Waals surface area (Å²) in [6.45, 7) is 0.541. The molecule has 2 N–H and O–H groups in total. The molecule has 0 bridgehead atoms. The molecule has 2 aromatic heterocycles. The molecule has 0 aliphatic carbocycles. The van der Waals surface area contributed by atoms with Gasteiger partial charge in [-0.15, -0.1) is 0 Å². The van der Waals surface area contributed by atoms with Crippen LogP contribution in [-0.4, -0.2) is 14.5 Å². The Morgan fingerprint density at radius 1 is 1.28 bits per heavy atom. The van der Waals surface area contributed by atoms with Crippen molar-refractivity contribution in [2.24, 2.45) is 12.8 Å². The highest BCUT2D eigenvalue weighted by Gasteiger charge is 2.09. The van der Waals surface area contributed by atoms with Gasteiger partial charge in [0.15, 0.2) is 0 Å². The van der Waals surface area contributed by atoms with Crippen molar-refractivity contribution in [1.82, 2.24) is 14.5 Å². The van der Waals surface area contributed by atoms with E-state index in [4.69, 9.17) is 5.73 Å². The van der Waals surface area contributed by atoms with Crippen LogP contribution in [0.15, 0.2) is 42.7 Å². The second-order valence-electron chi connectivity index (χ2n) is 4.26. The number of nitrogens with zero attached hydrogens (tertiary/aromatic N) is 3. The predicted octanol–water partition coefficient (Wildman–Crippen LogP) is 2.09. The van der Waals surface area contributed by atoms with Crippen LogP contribution in [0.4, 0.5) is 0 Å². The minimum absolute atomic E-state index is 0.541. The number of aryl methyl sites for hydroxylation is 1. The molecule has 0 amide bonds. The third-order valence-electron chi connectivity index (χ3n) is 3.10. The normalized spacial score (nSPS) is 11.0. The second kappa shape index (κ2) is 4.23. The average Bonchev–Trinajstić information content (AvgIpc) is 2.77. The summed E-state index contributed by atoms with van der Waals surface area (Å²) >= 11 is 0. The number of imidazole rings is 1. The van der Waals surface area contributed by atoms with Gasteiger partial charge in [0.2, 0.25) is 0 Å². The molecule has 0 unspecified atom stereocenters. The zero-order valence-electron chi connectivity index (χ0n) is 10.2. The Bertz CT molecular complexity index is 700. The lowest BCUT2D eigenvalue weighted by Crippen LogP contribution is -1.97. The maximum absolute atomic E-state index is 5.67. The molecule has 0 saturated carbocycles. The fraction of sp³-hybridized carbons (Fsp3) is 0.143. The molecule has 90 valence electrons. The molecule has 3 rings (SSSR count). The van der Waals surface area contributed by atoms with Crippen LogP contribution in [-0.2, 0) is 13.6 Å². The number of fused-ring (bicyclic) bond motifs is 1. The van der Waals surface area contributed by atoms with Crippen molar-refractivity contribution in [3.63, 3.8) is 0 Å². The molecule has 2 heterocycles. The first-order chi connectivity index (χ1) is 8.79. The lowest BCUT2D eigenvalue weighted by Gasteiger charge is -2.04. The van der Waals surface area contributed by atoms with Crippen LogP contribution in [0.3, 0.4) is 0 Å². The van der Waals surface area contributed by atoms with E-state index < -0.39 is 0 Å². The average molecular weight is 238 g/mol. The fourth-order valence-electron chi connectivity index (χ4n) is 2.15. The summed E-state index contributed by atoms with van der Waals surface area (Å²) in [4.78, 5) is 8.72. The summed E-state index contributed by atoms with van der Waals surface area (Å²) in [6, 6.07) is 10.1. The van der Waals surface area contributed by atoms with E-state index >= 15 is 0 Å². The Morgan fingerprint density at radius 2 is 2.17 bits per heavy atom. The van der Waals surface area contributed by atoms with Gasteiger partial charge < -0.3 is 10.3 Å². The van der Waals surface area contributed by atoms with Crippen molar-refractivity contribution in [2.75, 3.05) is 0 Å². The van der Waals surface area contributed by atoms with Gasteiger partial charge >= 0.3 is 0 Å². The van der Waals surface area contributed by atoms with Crippen LogP contribution < -0.4 is 5.73 Å². The first-order valence-electron chi connectivity index (χ1n) is 5.85. The van der Waals surface area contributed by atoms with Crippen LogP contribution >= 0.6 is 0 Å². The summed E-state index contributed by atoms with van der Waals surface area (Å²) in [5.41, 5.74) is 9.85. The number of rotatable bonds is 2. The lowest BCUT2D eigenvalue weighted by atomic mass is 10.1. The molecule has 0 spiro atoms. The molecule has 4 nitrogen and oxygen atoms in total. The van der Waals surface area contributed by atoms with Crippen molar-refractivity contribution < 1.29 is 0 Å². The van der Waals surface area contributed by atoms with Gasteiger partial charge in [-0.3, -0.25) is 4.98 Å². The highest BCUT2D eigenvalue weighted by molar-refractivity contribution is 5.79. The summed E-state index contributed by atoms with van der Waals surface area (Å²) in [5, 5.41) is 0. The molecule has 3 aromatic rings. The predicted molar refractivity (Wildman–Crippen MR) is 71.8 cm³/mol. The first kappa shape index (κ1) is 10.9. The van der Waals surface area contributed by atoms with Crippen LogP contribution in [0.5, 0.6) is 0 Å². The van der Waals surface area contributed by atoms with Gasteiger partial charge in [-0.2, -0.15) is 0 Å². The molecule has 0 saturated heterocycles. The van der Waals surface area contributed by atoms with Crippen LogP contribution in [0, 0.1) is 0 Å². The summed E-state index contributed by atoms with van der Waals surface area (Å²) in [7, 11) is 2.01. The number of nitrogens with two attached hydrogens (primary N) is 1. The van der Waals surface area contributed by atoms with E-state index in [-0.39, 0.29) is 0 Å². The fourth-order valence-corrected chi connectivity index (χ4v) is 2.15. The number of hydrogen-bond acceptors (Lipinski definition) is 3. The topological polar surface area (TPSA) is 56.7 Å². The van der Waals surface area contributed by atoms with Crippen LogP contribution in [0.1, 0.15) is 5.56 Å². The van der Waals surface area contributed by atoms with Crippen molar-refractivity contribution in [3.8, 4) is 11.4 Å². The van der Waals surface area contributed by atoms with E-state index in [0.29, 0.717) is 6.54 Å². The molecule has 1 aromatic carbocycles. The molecular formula is C14H14N4. The van der Waals surface area contributed by atoms with Crippen molar-refractivity contribution in [2.45, 2.75) is 6.54 Å². The Morgan fingerprint density at radius 3 is 2.94 bits per heavy atom. The molecule has 0 radical (unpaired) electrons. The molecule has 0 aliphatic rings. The number of hydrogen-bond donors (Lipinski definition) is 1. The zero-order valence-corrected chi connectivity index (χ0v) is 10.2. The third-order valence-corrected chi connectivity index (χ3v) is 3.10. The van der Waals surface area contributed by atoms with Crippen molar-refractivity contribution in [3.05, 3.63) is 48.3 Å². The maximum Gasteiger partial charge on any atom is 0.140 e. The Labute approximate surface area is 105 Å². The van der Waals surface area contributed by atoms with Gasteiger partial charge in [-0.05, 0) is 17.7 Å². The molecule has 0 atom stereocenters. The largest absolute Gasteiger partial charge is 0.327 e. The molecule has 0 fully saturated rings. The molecule has 0 aliphatic heterocycles. The van der Waals surface area contributed by atoms with Crippen LogP contribution in [0.25, 0.3) is 22.4 Å². The van der Waals surface area contributed by atoms with E-state index in [1.165, 1.54) is 0 Å². The number of aromatic nitrogens is 3. The number of pyridine rings is 1. The summed E-state index contributed by atoms with van der Waals surface area (Å²) < 4.78 is 2.08. The summed E-state index contributed by atoms with van der Waals surface area (Å²) in [5.74, 6) is 0.938.